The summed E-state index contributed by atoms with van der Waals surface area (Å²) in [5.74, 6) is 4.30. The summed E-state index contributed by atoms with van der Waals surface area (Å²) in [5, 5.41) is 0. The molecule has 4 aliphatic carbocycles. The molecule has 0 N–H and O–H groups in total. The van der Waals surface area contributed by atoms with Gasteiger partial charge in [0, 0.05) is 0 Å². The summed E-state index contributed by atoms with van der Waals surface area (Å²) in [6.45, 7) is 10.2. The summed E-state index contributed by atoms with van der Waals surface area (Å²) in [5.41, 5.74) is 2.29. The third-order valence-corrected chi connectivity index (χ3v) is 8.13. The topological polar surface area (TPSA) is 0 Å². The second kappa shape index (κ2) is 2.78. The Balaban J connectivity index is 1.77. The van der Waals surface area contributed by atoms with Crippen molar-refractivity contribution in [1.82, 2.24) is 0 Å². The number of fused-ring (bicyclic) bond motifs is 1. The monoisotopic (exact) mass is 232 g/mol. The van der Waals surface area contributed by atoms with E-state index in [2.05, 4.69) is 27.7 Å². The average Bonchev–Trinajstić information content (AvgIpc) is 2.80. The molecule has 0 saturated heterocycles. The Morgan fingerprint density at radius 2 is 1.82 bits per heavy atom. The van der Waals surface area contributed by atoms with E-state index in [4.69, 9.17) is 0 Å². The first-order valence-electron chi connectivity index (χ1n) is 7.95. The molecule has 4 aliphatic rings. The molecule has 4 rings (SSSR count). The zero-order valence-corrected chi connectivity index (χ0v) is 12.1. The molecule has 0 aromatic heterocycles. The van der Waals surface area contributed by atoms with Crippen LogP contribution in [0.1, 0.15) is 66.2 Å². The Morgan fingerprint density at radius 1 is 1.12 bits per heavy atom. The highest BCUT2D eigenvalue weighted by molar-refractivity contribution is 5.26. The van der Waals surface area contributed by atoms with Gasteiger partial charge >= 0.3 is 0 Å². The number of hydrogen-bond acceptors (Lipinski definition) is 0. The van der Waals surface area contributed by atoms with Crippen LogP contribution in [0, 0.1) is 39.9 Å². The lowest BCUT2D eigenvalue weighted by Gasteiger charge is -2.53. The van der Waals surface area contributed by atoms with Crippen molar-refractivity contribution in [2.24, 2.45) is 39.9 Å². The minimum absolute atomic E-state index is 0.687. The molecule has 0 aliphatic heterocycles. The van der Waals surface area contributed by atoms with Gasteiger partial charge in [0.2, 0.25) is 0 Å². The van der Waals surface area contributed by atoms with Crippen LogP contribution in [0.4, 0.5) is 0 Å². The van der Waals surface area contributed by atoms with Gasteiger partial charge in [0.1, 0.15) is 0 Å². The molecule has 0 aromatic carbocycles. The molecule has 17 heavy (non-hydrogen) atoms. The summed E-state index contributed by atoms with van der Waals surface area (Å²) >= 11 is 0. The molecule has 4 saturated carbocycles. The van der Waals surface area contributed by atoms with E-state index in [1.165, 1.54) is 6.42 Å². The molecule has 1 spiro atoms. The third-order valence-electron chi connectivity index (χ3n) is 8.13. The van der Waals surface area contributed by atoms with E-state index in [0.717, 1.165) is 34.5 Å². The largest absolute Gasteiger partial charge is 0.0651 e. The van der Waals surface area contributed by atoms with Gasteiger partial charge in [0.15, 0.2) is 0 Å². The Labute approximate surface area is 107 Å². The summed E-state index contributed by atoms with van der Waals surface area (Å²) in [7, 11) is 0. The van der Waals surface area contributed by atoms with Crippen LogP contribution >= 0.6 is 0 Å². The predicted molar refractivity (Wildman–Crippen MR) is 71.7 cm³/mol. The van der Waals surface area contributed by atoms with E-state index in [1.54, 1.807) is 32.1 Å². The maximum absolute atomic E-state index is 2.65. The van der Waals surface area contributed by atoms with E-state index in [0.29, 0.717) is 5.41 Å². The quantitative estimate of drug-likeness (QED) is 0.636. The summed E-state index contributed by atoms with van der Waals surface area (Å²) in [6, 6.07) is 0. The average molecular weight is 232 g/mol. The third kappa shape index (κ3) is 0.965. The fourth-order valence-electron chi connectivity index (χ4n) is 7.26. The lowest BCUT2D eigenvalue weighted by molar-refractivity contribution is -0.0518. The molecule has 0 heteroatoms. The van der Waals surface area contributed by atoms with Crippen molar-refractivity contribution in [3.8, 4) is 0 Å². The summed E-state index contributed by atoms with van der Waals surface area (Å²) in [6.07, 6.45) is 9.30. The van der Waals surface area contributed by atoms with Gasteiger partial charge in [-0.2, -0.15) is 0 Å². The lowest BCUT2D eigenvalue weighted by atomic mass is 9.51. The van der Waals surface area contributed by atoms with Gasteiger partial charge in [-0.25, -0.2) is 0 Å². The molecule has 0 radical (unpaired) electrons. The predicted octanol–water partition coefficient (Wildman–Crippen LogP) is 4.89. The molecule has 2 bridgehead atoms. The SMILES string of the molecule is CCC(C)C1(C)CC2CC3CC4(C)CC1C32C4. The first kappa shape index (κ1) is 10.9. The molecule has 7 unspecified atom stereocenters. The van der Waals surface area contributed by atoms with Crippen molar-refractivity contribution in [1.29, 1.82) is 0 Å². The second-order valence-corrected chi connectivity index (χ2v) is 8.71. The van der Waals surface area contributed by atoms with E-state index in [9.17, 15) is 0 Å². The Hall–Kier alpha value is 0. The minimum atomic E-state index is 0.687. The maximum atomic E-state index is 2.65. The smallest absolute Gasteiger partial charge is 0.0201 e. The Morgan fingerprint density at radius 3 is 2.47 bits per heavy atom. The summed E-state index contributed by atoms with van der Waals surface area (Å²) in [4.78, 5) is 0. The zero-order valence-electron chi connectivity index (χ0n) is 12.1. The minimum Gasteiger partial charge on any atom is -0.0651 e. The fourth-order valence-corrected chi connectivity index (χ4v) is 7.26. The lowest BCUT2D eigenvalue weighted by Crippen LogP contribution is -2.47. The van der Waals surface area contributed by atoms with E-state index < -0.39 is 0 Å². The molecular weight excluding hydrogens is 204 g/mol. The number of hydrogen-bond donors (Lipinski definition) is 0. The van der Waals surface area contributed by atoms with Gasteiger partial charge < -0.3 is 0 Å². The molecule has 7 atom stereocenters. The van der Waals surface area contributed by atoms with Crippen LogP contribution < -0.4 is 0 Å². The molecule has 0 nitrogen and oxygen atoms in total. The molecular formula is C17H28. The van der Waals surface area contributed by atoms with Gasteiger partial charge in [-0.3, -0.25) is 0 Å². The van der Waals surface area contributed by atoms with E-state index in [1.807, 2.05) is 0 Å². The van der Waals surface area contributed by atoms with Crippen LogP contribution in [0.15, 0.2) is 0 Å². The second-order valence-electron chi connectivity index (χ2n) is 8.71. The van der Waals surface area contributed by atoms with Gasteiger partial charge in [-0.1, -0.05) is 34.1 Å². The highest BCUT2D eigenvalue weighted by Crippen LogP contribution is 2.85. The van der Waals surface area contributed by atoms with Crippen LogP contribution in [-0.2, 0) is 0 Å². The van der Waals surface area contributed by atoms with Crippen molar-refractivity contribution in [2.75, 3.05) is 0 Å². The Bertz CT molecular complexity index is 372. The van der Waals surface area contributed by atoms with Gasteiger partial charge in [-0.15, -0.1) is 0 Å². The normalized spacial score (nSPS) is 64.6. The van der Waals surface area contributed by atoms with Crippen LogP contribution in [0.2, 0.25) is 0 Å². The van der Waals surface area contributed by atoms with E-state index in [-0.39, 0.29) is 0 Å². The maximum Gasteiger partial charge on any atom is -0.0201 e. The van der Waals surface area contributed by atoms with Crippen LogP contribution in [-0.4, -0.2) is 0 Å². The van der Waals surface area contributed by atoms with Crippen molar-refractivity contribution >= 4 is 0 Å². The molecule has 0 heterocycles. The number of rotatable bonds is 2. The standard InChI is InChI=1S/C17H28/c1-5-11(2)16(4)8-13-6-12-7-15(3)9-14(16)17(12,13)10-15/h11-14H,5-10H2,1-4H3. The first-order valence-corrected chi connectivity index (χ1v) is 7.95. The van der Waals surface area contributed by atoms with Gasteiger partial charge in [0.05, 0.1) is 0 Å². The van der Waals surface area contributed by atoms with Crippen molar-refractivity contribution < 1.29 is 0 Å². The summed E-state index contributed by atoms with van der Waals surface area (Å²) < 4.78 is 0. The highest BCUT2D eigenvalue weighted by atomic mass is 14.8. The van der Waals surface area contributed by atoms with Gasteiger partial charge in [-0.05, 0) is 72.0 Å². The van der Waals surface area contributed by atoms with Crippen molar-refractivity contribution in [2.45, 2.75) is 66.2 Å². The molecule has 96 valence electrons. The fraction of sp³-hybridized carbons (Fsp3) is 1.00. The van der Waals surface area contributed by atoms with Crippen LogP contribution in [0.25, 0.3) is 0 Å². The van der Waals surface area contributed by atoms with Crippen LogP contribution in [0.5, 0.6) is 0 Å². The van der Waals surface area contributed by atoms with Crippen molar-refractivity contribution in [3.05, 3.63) is 0 Å². The van der Waals surface area contributed by atoms with Crippen molar-refractivity contribution in [3.63, 3.8) is 0 Å². The Kier molecular flexibility index (Phi) is 1.78. The van der Waals surface area contributed by atoms with Gasteiger partial charge in [0.25, 0.3) is 0 Å². The zero-order chi connectivity index (χ0) is 12.1. The van der Waals surface area contributed by atoms with E-state index >= 15 is 0 Å². The molecule has 4 fully saturated rings. The first-order chi connectivity index (χ1) is 7.95. The van der Waals surface area contributed by atoms with Crippen LogP contribution in [0.3, 0.4) is 0 Å². The molecule has 0 aromatic rings. The molecule has 0 amide bonds. The highest BCUT2D eigenvalue weighted by Gasteiger charge is 2.77.